The first kappa shape index (κ1) is 25.4. The van der Waals surface area contributed by atoms with Crippen LogP contribution in [0.25, 0.3) is 0 Å². The Morgan fingerprint density at radius 2 is 1.94 bits per heavy atom. The van der Waals surface area contributed by atoms with E-state index in [9.17, 15) is 19.7 Å². The highest BCUT2D eigenvalue weighted by molar-refractivity contribution is 7.98. The molecule has 3 rings (SSSR count). The Balaban J connectivity index is 1.72. The summed E-state index contributed by atoms with van der Waals surface area (Å²) in [6, 6.07) is 9.77. The topological polar surface area (TPSA) is 120 Å². The van der Waals surface area contributed by atoms with E-state index in [1.54, 1.807) is 37.1 Å². The molecule has 2 amide bonds. The molecule has 9 nitrogen and oxygen atoms in total. The van der Waals surface area contributed by atoms with E-state index in [2.05, 4.69) is 10.6 Å². The van der Waals surface area contributed by atoms with Crippen LogP contribution in [0.5, 0.6) is 11.5 Å². The zero-order valence-electron chi connectivity index (χ0n) is 19.2. The maximum atomic E-state index is 13.1. The third kappa shape index (κ3) is 6.86. The largest absolute Gasteiger partial charge is 0.493 e. The van der Waals surface area contributed by atoms with Crippen LogP contribution in [-0.4, -0.2) is 48.0 Å². The van der Waals surface area contributed by atoms with E-state index in [-0.39, 0.29) is 23.3 Å². The molecule has 1 atom stereocenters. The van der Waals surface area contributed by atoms with Crippen molar-refractivity contribution in [3.8, 4) is 11.5 Å². The van der Waals surface area contributed by atoms with Crippen LogP contribution >= 0.6 is 11.8 Å². The van der Waals surface area contributed by atoms with Gasteiger partial charge in [-0.05, 0) is 62.3 Å². The summed E-state index contributed by atoms with van der Waals surface area (Å²) >= 11 is 1.55. The van der Waals surface area contributed by atoms with Gasteiger partial charge in [0.15, 0.2) is 11.5 Å². The Kier molecular flexibility index (Phi) is 9.15. The minimum absolute atomic E-state index is 0.118. The summed E-state index contributed by atoms with van der Waals surface area (Å²) in [6.45, 7) is 0. The molecule has 34 heavy (non-hydrogen) atoms. The summed E-state index contributed by atoms with van der Waals surface area (Å²) in [4.78, 5) is 36.2. The van der Waals surface area contributed by atoms with E-state index >= 15 is 0 Å². The van der Waals surface area contributed by atoms with Crippen molar-refractivity contribution in [2.45, 2.75) is 44.2 Å². The number of ether oxygens (including phenoxy) is 2. The number of anilines is 1. The molecular formula is C24H29N3O6S. The Morgan fingerprint density at radius 1 is 1.18 bits per heavy atom. The number of carbonyl (C=O) groups excluding carboxylic acids is 2. The molecule has 182 valence electrons. The number of nitrogens with zero attached hydrogens (tertiary/aromatic N) is 1. The fourth-order valence-electron chi connectivity index (χ4n) is 3.77. The minimum Gasteiger partial charge on any atom is -0.493 e. The normalized spacial score (nSPS) is 14.3. The average Bonchev–Trinajstić information content (AvgIpc) is 3.35. The number of nitro benzene ring substituents is 1. The van der Waals surface area contributed by atoms with Crippen LogP contribution in [0.1, 0.15) is 42.5 Å². The van der Waals surface area contributed by atoms with Gasteiger partial charge in [-0.1, -0.05) is 6.07 Å². The van der Waals surface area contributed by atoms with Gasteiger partial charge in [0.25, 0.3) is 11.6 Å². The molecular weight excluding hydrogens is 458 g/mol. The SMILES string of the molecule is COc1ccc(NC(=O)C(CCSC)NC(=O)c2cccc([N+](=O)[O-])c2)cc1OC1CCCC1. The average molecular weight is 488 g/mol. The van der Waals surface area contributed by atoms with Gasteiger partial charge in [-0.25, -0.2) is 0 Å². The van der Waals surface area contributed by atoms with E-state index < -0.39 is 16.9 Å². The van der Waals surface area contributed by atoms with Gasteiger partial charge >= 0.3 is 0 Å². The number of thioether (sulfide) groups is 1. The highest BCUT2D eigenvalue weighted by atomic mass is 32.2. The predicted octanol–water partition coefficient (Wildman–Crippen LogP) is 4.42. The number of rotatable bonds is 11. The van der Waals surface area contributed by atoms with Gasteiger partial charge in [-0.2, -0.15) is 11.8 Å². The maximum Gasteiger partial charge on any atom is 0.270 e. The molecule has 1 fully saturated rings. The lowest BCUT2D eigenvalue weighted by Gasteiger charge is -2.20. The van der Waals surface area contributed by atoms with E-state index in [0.29, 0.717) is 29.4 Å². The summed E-state index contributed by atoms with van der Waals surface area (Å²) in [7, 11) is 1.57. The first-order chi connectivity index (χ1) is 16.4. The van der Waals surface area contributed by atoms with Crippen molar-refractivity contribution in [1.82, 2.24) is 5.32 Å². The van der Waals surface area contributed by atoms with Crippen molar-refractivity contribution in [1.29, 1.82) is 0 Å². The van der Waals surface area contributed by atoms with Gasteiger partial charge in [0.1, 0.15) is 6.04 Å². The molecule has 1 aliphatic rings. The monoisotopic (exact) mass is 487 g/mol. The molecule has 2 N–H and O–H groups in total. The molecule has 0 aromatic heterocycles. The molecule has 2 aromatic carbocycles. The number of hydrogen-bond donors (Lipinski definition) is 2. The molecule has 1 unspecified atom stereocenters. The quantitative estimate of drug-likeness (QED) is 0.356. The molecule has 1 aliphatic carbocycles. The molecule has 0 saturated heterocycles. The van der Waals surface area contributed by atoms with Crippen molar-refractivity contribution in [3.63, 3.8) is 0 Å². The lowest BCUT2D eigenvalue weighted by molar-refractivity contribution is -0.384. The van der Waals surface area contributed by atoms with Crippen molar-refractivity contribution in [3.05, 3.63) is 58.1 Å². The fraction of sp³-hybridized carbons (Fsp3) is 0.417. The predicted molar refractivity (Wildman–Crippen MR) is 132 cm³/mol. The number of benzene rings is 2. The van der Waals surface area contributed by atoms with Crippen LogP contribution in [0, 0.1) is 10.1 Å². The lowest BCUT2D eigenvalue weighted by atomic mass is 10.1. The summed E-state index contributed by atoms with van der Waals surface area (Å²) < 4.78 is 11.5. The zero-order chi connectivity index (χ0) is 24.5. The number of methoxy groups -OCH3 is 1. The van der Waals surface area contributed by atoms with Crippen molar-refractivity contribution in [2.24, 2.45) is 0 Å². The molecule has 0 aliphatic heterocycles. The fourth-order valence-corrected chi connectivity index (χ4v) is 4.24. The van der Waals surface area contributed by atoms with E-state index in [0.717, 1.165) is 25.7 Å². The number of nitrogens with one attached hydrogen (secondary N) is 2. The Morgan fingerprint density at radius 3 is 2.62 bits per heavy atom. The first-order valence-electron chi connectivity index (χ1n) is 11.1. The summed E-state index contributed by atoms with van der Waals surface area (Å²) in [5.41, 5.74) is 0.455. The highest BCUT2D eigenvalue weighted by Gasteiger charge is 2.23. The molecule has 0 heterocycles. The molecule has 0 bridgehead atoms. The lowest BCUT2D eigenvalue weighted by Crippen LogP contribution is -2.44. The third-order valence-corrected chi connectivity index (χ3v) is 6.22. The molecule has 0 radical (unpaired) electrons. The Hall–Kier alpha value is -3.27. The van der Waals surface area contributed by atoms with Crippen LogP contribution in [0.3, 0.4) is 0 Å². The summed E-state index contributed by atoms with van der Waals surface area (Å²) in [6.07, 6.45) is 6.67. The minimum atomic E-state index is -0.819. The smallest absolute Gasteiger partial charge is 0.270 e. The highest BCUT2D eigenvalue weighted by Crippen LogP contribution is 2.34. The van der Waals surface area contributed by atoms with Crippen molar-refractivity contribution in [2.75, 3.05) is 24.4 Å². The van der Waals surface area contributed by atoms with E-state index in [1.807, 2.05) is 6.26 Å². The van der Waals surface area contributed by atoms with Crippen LogP contribution in [-0.2, 0) is 4.79 Å². The van der Waals surface area contributed by atoms with Crippen LogP contribution in [0.4, 0.5) is 11.4 Å². The summed E-state index contributed by atoms with van der Waals surface area (Å²) in [5.74, 6) is 0.859. The van der Waals surface area contributed by atoms with Crippen molar-refractivity contribution >= 4 is 35.0 Å². The van der Waals surface area contributed by atoms with Gasteiger partial charge in [-0.3, -0.25) is 19.7 Å². The maximum absolute atomic E-state index is 13.1. The molecule has 2 aromatic rings. The molecule has 0 spiro atoms. The van der Waals surface area contributed by atoms with Crippen LogP contribution in [0.15, 0.2) is 42.5 Å². The van der Waals surface area contributed by atoms with Gasteiger partial charge in [-0.15, -0.1) is 0 Å². The van der Waals surface area contributed by atoms with Crippen LogP contribution < -0.4 is 20.1 Å². The van der Waals surface area contributed by atoms with Gasteiger partial charge in [0.05, 0.1) is 18.1 Å². The van der Waals surface area contributed by atoms with Crippen LogP contribution in [0.2, 0.25) is 0 Å². The number of carbonyl (C=O) groups is 2. The Labute approximate surface area is 202 Å². The molecule has 1 saturated carbocycles. The van der Waals surface area contributed by atoms with Gasteiger partial charge in [0.2, 0.25) is 5.91 Å². The standard InChI is InChI=1S/C24H29N3O6S/c1-32-21-11-10-17(15-22(21)33-19-8-3-4-9-19)25-24(29)20(12-13-34-2)26-23(28)16-6-5-7-18(14-16)27(30)31/h5-7,10-11,14-15,19-20H,3-4,8-9,12-13H2,1-2H3,(H,25,29)(H,26,28). The second-order valence-electron chi connectivity index (χ2n) is 7.99. The van der Waals surface area contributed by atoms with Gasteiger partial charge in [0, 0.05) is 29.4 Å². The number of hydrogen-bond acceptors (Lipinski definition) is 7. The second-order valence-corrected chi connectivity index (χ2v) is 8.98. The first-order valence-corrected chi connectivity index (χ1v) is 12.5. The van der Waals surface area contributed by atoms with E-state index in [1.165, 1.54) is 24.3 Å². The second kappa shape index (κ2) is 12.3. The third-order valence-electron chi connectivity index (χ3n) is 5.58. The Bertz CT molecular complexity index is 1030. The zero-order valence-corrected chi connectivity index (χ0v) is 20.1. The number of nitro groups is 1. The molecule has 10 heteroatoms. The van der Waals surface area contributed by atoms with E-state index in [4.69, 9.17) is 9.47 Å². The van der Waals surface area contributed by atoms with Gasteiger partial charge < -0.3 is 20.1 Å². The number of non-ortho nitro benzene ring substituents is 1. The summed E-state index contributed by atoms with van der Waals surface area (Å²) in [5, 5.41) is 16.6. The van der Waals surface area contributed by atoms with Crippen molar-refractivity contribution < 1.29 is 24.0 Å². The number of amides is 2.